The number of hydrogen-bond donors (Lipinski definition) is 1. The monoisotopic (exact) mass is 254 g/mol. The van der Waals surface area contributed by atoms with Crippen molar-refractivity contribution >= 4 is 0 Å². The van der Waals surface area contributed by atoms with E-state index in [4.69, 9.17) is 0 Å². The van der Waals surface area contributed by atoms with E-state index in [2.05, 4.69) is 59.7 Å². The predicted molar refractivity (Wildman–Crippen MR) is 80.3 cm³/mol. The van der Waals surface area contributed by atoms with Crippen molar-refractivity contribution in [1.29, 1.82) is 0 Å². The minimum Gasteiger partial charge on any atom is -0.316 e. The second kappa shape index (κ2) is 7.05. The number of likely N-dealkylation sites (N-methyl/N-ethyl adjacent to an activating group) is 1. The molecule has 0 fully saturated rings. The van der Waals surface area contributed by atoms with Gasteiger partial charge < -0.3 is 5.32 Å². The van der Waals surface area contributed by atoms with E-state index in [1.54, 1.807) is 0 Å². The van der Waals surface area contributed by atoms with Gasteiger partial charge in [-0.3, -0.25) is 4.98 Å². The Morgan fingerprint density at radius 1 is 1.05 bits per heavy atom. The smallest absolute Gasteiger partial charge is 0.0419 e. The summed E-state index contributed by atoms with van der Waals surface area (Å²) in [5.74, 6) is 0.521. The van der Waals surface area contributed by atoms with Crippen LogP contribution in [0.5, 0.6) is 0 Å². The molecule has 0 amide bonds. The van der Waals surface area contributed by atoms with E-state index >= 15 is 0 Å². The maximum Gasteiger partial charge on any atom is 0.0419 e. The molecule has 0 bridgehead atoms. The highest BCUT2D eigenvalue weighted by Gasteiger charge is 2.20. The maximum atomic E-state index is 4.44. The summed E-state index contributed by atoms with van der Waals surface area (Å²) in [6.45, 7) is 2.25. The zero-order chi connectivity index (χ0) is 13.5. The normalized spacial score (nSPS) is 14.0. The largest absolute Gasteiger partial charge is 0.316 e. The van der Waals surface area contributed by atoms with Crippen LogP contribution in [0.15, 0.2) is 54.7 Å². The van der Waals surface area contributed by atoms with Crippen molar-refractivity contribution < 1.29 is 0 Å². The van der Waals surface area contributed by atoms with Crippen LogP contribution in [0.4, 0.5) is 0 Å². The molecule has 1 N–H and O–H groups in total. The Balaban J connectivity index is 2.15. The lowest BCUT2D eigenvalue weighted by atomic mass is 9.86. The van der Waals surface area contributed by atoms with E-state index in [1.165, 1.54) is 5.56 Å². The van der Waals surface area contributed by atoms with E-state index < -0.39 is 0 Å². The highest BCUT2D eigenvalue weighted by atomic mass is 14.9. The molecule has 0 radical (unpaired) electrons. The maximum absolute atomic E-state index is 4.44. The summed E-state index contributed by atoms with van der Waals surface area (Å²) >= 11 is 0. The molecule has 2 heteroatoms. The Kier molecular flexibility index (Phi) is 5.10. The lowest BCUT2D eigenvalue weighted by molar-refractivity contribution is 0.445. The molecule has 1 aromatic heterocycles. The second-order valence-electron chi connectivity index (χ2n) is 4.85. The average molecular weight is 254 g/mol. The van der Waals surface area contributed by atoms with Gasteiger partial charge in [0.25, 0.3) is 0 Å². The SMILES string of the molecule is CCC(c1ccccc1)C(Cc1ccccn1)NC. The van der Waals surface area contributed by atoms with Gasteiger partial charge in [0.05, 0.1) is 0 Å². The van der Waals surface area contributed by atoms with Gasteiger partial charge in [0.2, 0.25) is 0 Å². The van der Waals surface area contributed by atoms with Crippen molar-refractivity contribution in [3.63, 3.8) is 0 Å². The van der Waals surface area contributed by atoms with Gasteiger partial charge in [-0.1, -0.05) is 43.3 Å². The molecular weight excluding hydrogens is 232 g/mol. The number of aromatic nitrogens is 1. The van der Waals surface area contributed by atoms with E-state index in [1.807, 2.05) is 19.3 Å². The molecule has 19 heavy (non-hydrogen) atoms. The number of nitrogens with one attached hydrogen (secondary N) is 1. The summed E-state index contributed by atoms with van der Waals surface area (Å²) in [6, 6.07) is 17.3. The molecule has 2 nitrogen and oxygen atoms in total. The van der Waals surface area contributed by atoms with E-state index in [9.17, 15) is 0 Å². The molecule has 1 heterocycles. The van der Waals surface area contributed by atoms with Crippen LogP contribution < -0.4 is 5.32 Å². The molecule has 0 saturated heterocycles. The Morgan fingerprint density at radius 2 is 1.79 bits per heavy atom. The molecule has 1 aromatic carbocycles. The van der Waals surface area contributed by atoms with Gasteiger partial charge in [0.15, 0.2) is 0 Å². The molecule has 2 atom stereocenters. The van der Waals surface area contributed by atoms with Crippen molar-refractivity contribution in [2.75, 3.05) is 7.05 Å². The van der Waals surface area contributed by atoms with Crippen LogP contribution in [0.2, 0.25) is 0 Å². The van der Waals surface area contributed by atoms with Crippen molar-refractivity contribution in [2.45, 2.75) is 31.7 Å². The minimum absolute atomic E-state index is 0.419. The number of hydrogen-bond acceptors (Lipinski definition) is 2. The third-order valence-electron chi connectivity index (χ3n) is 3.68. The summed E-state index contributed by atoms with van der Waals surface area (Å²) in [6.07, 6.45) is 3.96. The van der Waals surface area contributed by atoms with Crippen LogP contribution in [0.1, 0.15) is 30.5 Å². The van der Waals surface area contributed by atoms with Gasteiger partial charge in [-0.2, -0.15) is 0 Å². The minimum atomic E-state index is 0.419. The van der Waals surface area contributed by atoms with E-state index in [-0.39, 0.29) is 0 Å². The first-order valence-corrected chi connectivity index (χ1v) is 6.97. The van der Waals surface area contributed by atoms with Crippen LogP contribution >= 0.6 is 0 Å². The van der Waals surface area contributed by atoms with Crippen LogP contribution in [-0.4, -0.2) is 18.1 Å². The fourth-order valence-electron chi connectivity index (χ4n) is 2.64. The molecule has 0 aliphatic heterocycles. The lowest BCUT2D eigenvalue weighted by Crippen LogP contribution is -2.34. The van der Waals surface area contributed by atoms with E-state index in [0.29, 0.717) is 12.0 Å². The lowest BCUT2D eigenvalue weighted by Gasteiger charge is -2.26. The van der Waals surface area contributed by atoms with Crippen LogP contribution in [0, 0.1) is 0 Å². The third-order valence-corrected chi connectivity index (χ3v) is 3.68. The topological polar surface area (TPSA) is 24.9 Å². The number of pyridine rings is 1. The molecule has 0 aliphatic carbocycles. The van der Waals surface area contributed by atoms with Gasteiger partial charge in [0.1, 0.15) is 0 Å². The molecule has 2 aromatic rings. The van der Waals surface area contributed by atoms with E-state index in [0.717, 1.165) is 18.5 Å². The van der Waals surface area contributed by atoms with Crippen LogP contribution in [0.25, 0.3) is 0 Å². The Labute approximate surface area is 115 Å². The molecule has 2 rings (SSSR count). The highest BCUT2D eigenvalue weighted by Crippen LogP contribution is 2.25. The Hall–Kier alpha value is -1.67. The Bertz CT molecular complexity index is 467. The summed E-state index contributed by atoms with van der Waals surface area (Å²) in [4.78, 5) is 4.44. The second-order valence-corrected chi connectivity index (χ2v) is 4.85. The highest BCUT2D eigenvalue weighted by molar-refractivity contribution is 5.22. The summed E-state index contributed by atoms with van der Waals surface area (Å²) in [5, 5.41) is 3.46. The van der Waals surface area contributed by atoms with Crippen LogP contribution in [-0.2, 0) is 6.42 Å². The molecule has 0 saturated carbocycles. The van der Waals surface area contributed by atoms with Gasteiger partial charge in [-0.25, -0.2) is 0 Å². The number of nitrogens with zero attached hydrogens (tertiary/aromatic N) is 1. The standard InChI is InChI=1S/C17H22N2/c1-3-16(14-9-5-4-6-10-14)17(18-2)13-15-11-7-8-12-19-15/h4-12,16-18H,3,13H2,1-2H3. The first-order valence-electron chi connectivity index (χ1n) is 6.97. The van der Waals surface area contributed by atoms with Crippen molar-refractivity contribution in [3.05, 3.63) is 66.0 Å². The van der Waals surface area contributed by atoms with Crippen molar-refractivity contribution in [2.24, 2.45) is 0 Å². The van der Waals surface area contributed by atoms with Crippen molar-refractivity contribution in [1.82, 2.24) is 10.3 Å². The summed E-state index contributed by atoms with van der Waals surface area (Å²) in [7, 11) is 2.04. The zero-order valence-electron chi connectivity index (χ0n) is 11.7. The number of rotatable bonds is 6. The van der Waals surface area contributed by atoms with Crippen molar-refractivity contribution in [3.8, 4) is 0 Å². The molecular formula is C17H22N2. The average Bonchev–Trinajstić information content (AvgIpc) is 2.49. The molecule has 0 aliphatic rings. The fraction of sp³-hybridized carbons (Fsp3) is 0.353. The first kappa shape index (κ1) is 13.8. The predicted octanol–water partition coefficient (Wildman–Crippen LogP) is 3.41. The first-order chi connectivity index (χ1) is 9.35. The van der Waals surface area contributed by atoms with Gasteiger partial charge in [0, 0.05) is 24.4 Å². The third kappa shape index (κ3) is 3.65. The van der Waals surface area contributed by atoms with Crippen LogP contribution in [0.3, 0.4) is 0 Å². The van der Waals surface area contributed by atoms with Gasteiger partial charge in [-0.05, 0) is 37.1 Å². The van der Waals surface area contributed by atoms with Gasteiger partial charge in [-0.15, -0.1) is 0 Å². The molecule has 0 spiro atoms. The quantitative estimate of drug-likeness (QED) is 0.854. The summed E-state index contributed by atoms with van der Waals surface area (Å²) < 4.78 is 0. The fourth-order valence-corrected chi connectivity index (χ4v) is 2.64. The van der Waals surface area contributed by atoms with Gasteiger partial charge >= 0.3 is 0 Å². The Morgan fingerprint density at radius 3 is 2.37 bits per heavy atom. The summed E-state index contributed by atoms with van der Waals surface area (Å²) in [5.41, 5.74) is 2.55. The molecule has 100 valence electrons. The zero-order valence-corrected chi connectivity index (χ0v) is 11.7. The number of benzene rings is 1. The molecule has 2 unspecified atom stereocenters.